The number of carboxylic acid groups (broad SMARTS) is 1. The number of nitrogens with one attached hydrogen (secondary N) is 2. The molecule has 20 heavy (non-hydrogen) atoms. The molecule has 0 aromatic heterocycles. The third-order valence-corrected chi connectivity index (χ3v) is 2.96. The molecule has 0 radical (unpaired) electrons. The number of aliphatic hydroxyl groups excluding tert-OH is 1. The van der Waals surface area contributed by atoms with Gasteiger partial charge in [0.25, 0.3) is 0 Å². The molecule has 6 nitrogen and oxygen atoms in total. The predicted octanol–water partition coefficient (Wildman–Crippen LogP) is 0.672. The highest BCUT2D eigenvalue weighted by Gasteiger charge is 2.18. The van der Waals surface area contributed by atoms with Crippen molar-refractivity contribution < 1.29 is 19.8 Å². The number of aliphatic carboxylic acids is 1. The minimum absolute atomic E-state index is 0.0133. The molecule has 0 heterocycles. The van der Waals surface area contributed by atoms with Crippen molar-refractivity contribution in [2.24, 2.45) is 0 Å². The van der Waals surface area contributed by atoms with E-state index in [1.807, 2.05) is 31.2 Å². The van der Waals surface area contributed by atoms with E-state index in [-0.39, 0.29) is 13.0 Å². The number of rotatable bonds is 7. The monoisotopic (exact) mass is 280 g/mol. The van der Waals surface area contributed by atoms with E-state index in [1.54, 1.807) is 0 Å². The maximum Gasteiger partial charge on any atom is 0.326 e. The Balaban J connectivity index is 2.36. The minimum Gasteiger partial charge on any atom is -0.480 e. The van der Waals surface area contributed by atoms with E-state index in [9.17, 15) is 9.59 Å². The van der Waals surface area contributed by atoms with Crippen molar-refractivity contribution in [1.82, 2.24) is 10.6 Å². The second kappa shape index (κ2) is 8.16. The number of hydrogen-bond donors (Lipinski definition) is 4. The van der Waals surface area contributed by atoms with E-state index in [1.165, 1.54) is 0 Å². The lowest BCUT2D eigenvalue weighted by atomic mass is 10.1. The molecule has 0 saturated heterocycles. The fraction of sp³-hybridized carbons (Fsp3) is 0.429. The number of benzene rings is 1. The molecule has 0 spiro atoms. The lowest BCUT2D eigenvalue weighted by molar-refractivity contribution is -0.139. The maximum absolute atomic E-state index is 11.5. The van der Waals surface area contributed by atoms with Crippen LogP contribution in [0.5, 0.6) is 0 Å². The maximum atomic E-state index is 11.5. The van der Waals surface area contributed by atoms with Crippen LogP contribution in [0.2, 0.25) is 0 Å². The van der Waals surface area contributed by atoms with Gasteiger partial charge in [-0.1, -0.05) is 24.3 Å². The number of carbonyl (C=O) groups excluding carboxylic acids is 1. The molecular formula is C14H20N2O4. The molecule has 1 aromatic rings. The van der Waals surface area contributed by atoms with Crippen molar-refractivity contribution in [2.45, 2.75) is 25.8 Å². The zero-order valence-electron chi connectivity index (χ0n) is 11.4. The fourth-order valence-corrected chi connectivity index (χ4v) is 1.80. The normalized spacial score (nSPS) is 11.7. The van der Waals surface area contributed by atoms with Gasteiger partial charge in [-0.25, -0.2) is 9.59 Å². The number of carboxylic acids is 1. The largest absolute Gasteiger partial charge is 0.480 e. The van der Waals surface area contributed by atoms with Crippen LogP contribution in [0, 0.1) is 6.92 Å². The molecular weight excluding hydrogens is 260 g/mol. The second-order valence-corrected chi connectivity index (χ2v) is 4.48. The molecule has 0 unspecified atom stereocenters. The van der Waals surface area contributed by atoms with Crippen LogP contribution < -0.4 is 10.6 Å². The Morgan fingerprint density at radius 2 is 2.00 bits per heavy atom. The summed E-state index contributed by atoms with van der Waals surface area (Å²) in [5, 5.41) is 22.5. The Labute approximate surface area is 117 Å². The van der Waals surface area contributed by atoms with Crippen LogP contribution in [-0.4, -0.2) is 41.4 Å². The molecule has 0 fully saturated rings. The van der Waals surface area contributed by atoms with E-state index in [4.69, 9.17) is 10.2 Å². The van der Waals surface area contributed by atoms with E-state index in [2.05, 4.69) is 10.6 Å². The highest BCUT2D eigenvalue weighted by atomic mass is 16.4. The average Bonchev–Trinajstić information content (AvgIpc) is 2.40. The SMILES string of the molecule is Cc1ccccc1CCNC(=O)N[C@@H](CCO)C(=O)O. The lowest BCUT2D eigenvalue weighted by Gasteiger charge is -2.14. The van der Waals surface area contributed by atoms with Crippen molar-refractivity contribution in [2.75, 3.05) is 13.2 Å². The summed E-state index contributed by atoms with van der Waals surface area (Å²) in [6.07, 6.45) is 0.665. The summed E-state index contributed by atoms with van der Waals surface area (Å²) in [5.74, 6) is -1.16. The lowest BCUT2D eigenvalue weighted by Crippen LogP contribution is -2.46. The van der Waals surface area contributed by atoms with Crippen LogP contribution in [0.15, 0.2) is 24.3 Å². The van der Waals surface area contributed by atoms with Gasteiger partial charge < -0.3 is 20.8 Å². The van der Waals surface area contributed by atoms with Crippen molar-refractivity contribution in [3.8, 4) is 0 Å². The topological polar surface area (TPSA) is 98.7 Å². The molecule has 1 atom stereocenters. The van der Waals surface area contributed by atoms with Crippen LogP contribution in [-0.2, 0) is 11.2 Å². The van der Waals surface area contributed by atoms with Crippen molar-refractivity contribution in [3.63, 3.8) is 0 Å². The first-order valence-electron chi connectivity index (χ1n) is 6.47. The number of aliphatic hydroxyl groups is 1. The van der Waals surface area contributed by atoms with E-state index in [0.29, 0.717) is 13.0 Å². The molecule has 6 heteroatoms. The molecule has 0 aliphatic rings. The summed E-state index contributed by atoms with van der Waals surface area (Å²) in [6, 6.07) is 6.26. The standard InChI is InChI=1S/C14H20N2O4/c1-10-4-2-3-5-11(10)6-8-15-14(20)16-12(7-9-17)13(18)19/h2-5,12,17H,6-9H2,1H3,(H,18,19)(H2,15,16,20)/t12-/m0/s1. The Kier molecular flexibility index (Phi) is 6.52. The first-order chi connectivity index (χ1) is 9.54. The van der Waals surface area contributed by atoms with Gasteiger partial charge in [-0.05, 0) is 24.5 Å². The number of carbonyl (C=O) groups is 2. The van der Waals surface area contributed by atoms with Gasteiger partial charge in [0.05, 0.1) is 0 Å². The third-order valence-electron chi connectivity index (χ3n) is 2.96. The van der Waals surface area contributed by atoms with Crippen molar-refractivity contribution >= 4 is 12.0 Å². The van der Waals surface area contributed by atoms with Gasteiger partial charge in [0, 0.05) is 19.6 Å². The van der Waals surface area contributed by atoms with E-state index >= 15 is 0 Å². The first-order valence-corrected chi connectivity index (χ1v) is 6.47. The van der Waals surface area contributed by atoms with Gasteiger partial charge in [0.1, 0.15) is 6.04 Å². The molecule has 1 rings (SSSR count). The molecule has 1 aromatic carbocycles. The van der Waals surface area contributed by atoms with Gasteiger partial charge in [-0.15, -0.1) is 0 Å². The van der Waals surface area contributed by atoms with Crippen LogP contribution in [0.1, 0.15) is 17.5 Å². The first kappa shape index (κ1) is 16.0. The molecule has 4 N–H and O–H groups in total. The molecule has 110 valence electrons. The Hall–Kier alpha value is -2.08. The molecule has 0 saturated carbocycles. The Bertz CT molecular complexity index is 462. The average molecular weight is 280 g/mol. The zero-order chi connectivity index (χ0) is 15.0. The van der Waals surface area contributed by atoms with E-state index < -0.39 is 18.0 Å². The Morgan fingerprint density at radius 1 is 1.30 bits per heavy atom. The van der Waals surface area contributed by atoms with E-state index in [0.717, 1.165) is 11.1 Å². The minimum atomic E-state index is -1.16. The molecule has 0 aliphatic carbocycles. The molecule has 0 aliphatic heterocycles. The van der Waals surface area contributed by atoms with Crippen LogP contribution in [0.3, 0.4) is 0 Å². The van der Waals surface area contributed by atoms with Gasteiger partial charge in [-0.2, -0.15) is 0 Å². The highest BCUT2D eigenvalue weighted by molar-refractivity contribution is 5.82. The number of urea groups is 1. The fourth-order valence-electron chi connectivity index (χ4n) is 1.80. The summed E-state index contributed by atoms with van der Waals surface area (Å²) in [6.45, 7) is 2.12. The smallest absolute Gasteiger partial charge is 0.326 e. The van der Waals surface area contributed by atoms with Gasteiger partial charge in [0.2, 0.25) is 0 Å². The summed E-state index contributed by atoms with van der Waals surface area (Å²) < 4.78 is 0. The Morgan fingerprint density at radius 3 is 2.60 bits per heavy atom. The summed E-state index contributed by atoms with van der Waals surface area (Å²) >= 11 is 0. The van der Waals surface area contributed by atoms with Gasteiger partial charge in [-0.3, -0.25) is 0 Å². The number of amides is 2. The zero-order valence-corrected chi connectivity index (χ0v) is 11.4. The molecule has 2 amide bonds. The number of aryl methyl sites for hydroxylation is 1. The summed E-state index contributed by atoms with van der Waals surface area (Å²) in [5.41, 5.74) is 2.29. The quantitative estimate of drug-likeness (QED) is 0.590. The summed E-state index contributed by atoms with van der Waals surface area (Å²) in [7, 11) is 0. The second-order valence-electron chi connectivity index (χ2n) is 4.48. The van der Waals surface area contributed by atoms with Crippen LogP contribution >= 0.6 is 0 Å². The summed E-state index contributed by atoms with van der Waals surface area (Å²) in [4.78, 5) is 22.4. The number of hydrogen-bond acceptors (Lipinski definition) is 3. The van der Waals surface area contributed by atoms with Crippen LogP contribution in [0.4, 0.5) is 4.79 Å². The van der Waals surface area contributed by atoms with Crippen molar-refractivity contribution in [1.29, 1.82) is 0 Å². The van der Waals surface area contributed by atoms with Crippen molar-refractivity contribution in [3.05, 3.63) is 35.4 Å². The van der Waals surface area contributed by atoms with Gasteiger partial charge in [0.15, 0.2) is 0 Å². The van der Waals surface area contributed by atoms with Crippen LogP contribution in [0.25, 0.3) is 0 Å². The van der Waals surface area contributed by atoms with Gasteiger partial charge >= 0.3 is 12.0 Å². The molecule has 0 bridgehead atoms. The predicted molar refractivity (Wildman–Crippen MR) is 74.5 cm³/mol. The third kappa shape index (κ3) is 5.27. The highest BCUT2D eigenvalue weighted by Crippen LogP contribution is 2.06.